The quantitative estimate of drug-likeness (QED) is 0.799. The molecule has 1 aromatic heterocycles. The van der Waals surface area contributed by atoms with E-state index in [0.717, 1.165) is 12.8 Å². The summed E-state index contributed by atoms with van der Waals surface area (Å²) in [4.78, 5) is 16.0. The number of rotatable bonds is 5. The molecule has 0 saturated heterocycles. The lowest BCUT2D eigenvalue weighted by Gasteiger charge is -2.16. The molecule has 0 aliphatic heterocycles. The third-order valence-corrected chi connectivity index (χ3v) is 2.77. The molecular weight excluding hydrogens is 230 g/mol. The normalized spacial score (nSPS) is 11.1. The molecule has 1 heterocycles. The summed E-state index contributed by atoms with van der Waals surface area (Å²) in [5.41, 5.74) is 0.161. The van der Waals surface area contributed by atoms with Gasteiger partial charge in [-0.05, 0) is 33.6 Å². The van der Waals surface area contributed by atoms with Crippen LogP contribution in [0.25, 0.3) is 0 Å². The summed E-state index contributed by atoms with van der Waals surface area (Å²) >= 11 is 0. The van der Waals surface area contributed by atoms with Crippen molar-refractivity contribution in [2.75, 3.05) is 7.11 Å². The van der Waals surface area contributed by atoms with Crippen LogP contribution < -0.4 is 10.3 Å². The van der Waals surface area contributed by atoms with Crippen LogP contribution in [0.15, 0.2) is 10.9 Å². The zero-order valence-corrected chi connectivity index (χ0v) is 11.4. The molecule has 1 rings (SSSR count). The van der Waals surface area contributed by atoms with Gasteiger partial charge in [-0.2, -0.15) is 5.26 Å². The fourth-order valence-corrected chi connectivity index (χ4v) is 1.69. The Balaban J connectivity index is 2.80. The Labute approximate surface area is 107 Å². The summed E-state index contributed by atoms with van der Waals surface area (Å²) in [5.74, 6) is 0. The van der Waals surface area contributed by atoms with Gasteiger partial charge >= 0.3 is 0 Å². The smallest absolute Gasteiger partial charge is 0.299 e. The Morgan fingerprint density at radius 1 is 1.56 bits per heavy atom. The molecule has 98 valence electrons. The van der Waals surface area contributed by atoms with Crippen LogP contribution in [0.2, 0.25) is 0 Å². The van der Waals surface area contributed by atoms with Gasteiger partial charge in [-0.25, -0.2) is 4.98 Å². The SMILES string of the molecule is COc1nc(C)cc(=O)n1CCCC(C)(C)C#N. The van der Waals surface area contributed by atoms with Crippen LogP contribution in [-0.4, -0.2) is 16.7 Å². The van der Waals surface area contributed by atoms with E-state index in [0.29, 0.717) is 18.2 Å². The topological polar surface area (TPSA) is 67.9 Å². The van der Waals surface area contributed by atoms with Crippen molar-refractivity contribution in [3.8, 4) is 12.1 Å². The molecule has 0 spiro atoms. The van der Waals surface area contributed by atoms with E-state index in [9.17, 15) is 4.79 Å². The maximum atomic E-state index is 11.8. The minimum absolute atomic E-state index is 0.117. The molecule has 0 aromatic carbocycles. The van der Waals surface area contributed by atoms with E-state index in [1.54, 1.807) is 6.92 Å². The second-order valence-electron chi connectivity index (χ2n) is 4.97. The van der Waals surface area contributed by atoms with Crippen LogP contribution in [0.3, 0.4) is 0 Å². The van der Waals surface area contributed by atoms with Crippen molar-refractivity contribution in [3.63, 3.8) is 0 Å². The van der Waals surface area contributed by atoms with E-state index < -0.39 is 0 Å². The van der Waals surface area contributed by atoms with E-state index in [1.165, 1.54) is 17.7 Å². The highest BCUT2D eigenvalue weighted by Gasteiger charge is 2.16. The van der Waals surface area contributed by atoms with Gasteiger partial charge in [-0.1, -0.05) is 0 Å². The van der Waals surface area contributed by atoms with Crippen molar-refractivity contribution in [3.05, 3.63) is 22.1 Å². The minimum Gasteiger partial charge on any atom is -0.468 e. The summed E-state index contributed by atoms with van der Waals surface area (Å²) in [7, 11) is 1.50. The first-order valence-corrected chi connectivity index (χ1v) is 5.93. The van der Waals surface area contributed by atoms with Crippen molar-refractivity contribution in [2.24, 2.45) is 5.41 Å². The Morgan fingerprint density at radius 3 is 2.78 bits per heavy atom. The molecule has 18 heavy (non-hydrogen) atoms. The van der Waals surface area contributed by atoms with Crippen LogP contribution in [0.4, 0.5) is 0 Å². The lowest BCUT2D eigenvalue weighted by molar-refractivity contribution is 0.332. The highest BCUT2D eigenvalue weighted by molar-refractivity contribution is 5.06. The highest BCUT2D eigenvalue weighted by atomic mass is 16.5. The van der Waals surface area contributed by atoms with Crippen molar-refractivity contribution in [1.82, 2.24) is 9.55 Å². The van der Waals surface area contributed by atoms with E-state index in [-0.39, 0.29) is 11.0 Å². The Kier molecular flexibility index (Phi) is 4.49. The molecule has 1 aromatic rings. The molecule has 0 unspecified atom stereocenters. The molecule has 0 saturated carbocycles. The average Bonchev–Trinajstić information content (AvgIpc) is 2.31. The highest BCUT2D eigenvalue weighted by Crippen LogP contribution is 2.21. The number of nitrogens with zero attached hydrogens (tertiary/aromatic N) is 3. The van der Waals surface area contributed by atoms with Crippen LogP contribution in [0.1, 0.15) is 32.4 Å². The molecule has 0 amide bonds. The number of hydrogen-bond donors (Lipinski definition) is 0. The molecule has 0 bridgehead atoms. The molecule has 0 fully saturated rings. The largest absolute Gasteiger partial charge is 0.468 e. The zero-order valence-electron chi connectivity index (χ0n) is 11.4. The van der Waals surface area contributed by atoms with Gasteiger partial charge in [0.25, 0.3) is 11.6 Å². The Bertz CT molecular complexity index is 512. The summed E-state index contributed by atoms with van der Waals surface area (Å²) in [5, 5.41) is 8.93. The summed E-state index contributed by atoms with van der Waals surface area (Å²) < 4.78 is 6.60. The first-order chi connectivity index (χ1) is 8.39. The van der Waals surface area contributed by atoms with Gasteiger partial charge in [0.2, 0.25) is 0 Å². The molecule has 0 aliphatic rings. The van der Waals surface area contributed by atoms with Gasteiger partial charge in [0, 0.05) is 18.3 Å². The van der Waals surface area contributed by atoms with E-state index in [1.807, 2.05) is 13.8 Å². The number of methoxy groups -OCH3 is 1. The van der Waals surface area contributed by atoms with Crippen LogP contribution in [0.5, 0.6) is 6.01 Å². The standard InChI is InChI=1S/C13H19N3O2/c1-10-8-11(17)16(12(15-10)18-4)7-5-6-13(2,3)9-14/h8H,5-7H2,1-4H3. The maximum absolute atomic E-state index is 11.8. The summed E-state index contributed by atoms with van der Waals surface area (Å²) in [6.07, 6.45) is 1.47. The lowest BCUT2D eigenvalue weighted by atomic mass is 9.90. The molecular formula is C13H19N3O2. The van der Waals surface area contributed by atoms with Gasteiger partial charge in [0.1, 0.15) is 0 Å². The molecule has 5 nitrogen and oxygen atoms in total. The lowest BCUT2D eigenvalue weighted by Crippen LogP contribution is -2.23. The number of aryl methyl sites for hydroxylation is 1. The Morgan fingerprint density at radius 2 is 2.22 bits per heavy atom. The van der Waals surface area contributed by atoms with E-state index in [4.69, 9.17) is 10.00 Å². The maximum Gasteiger partial charge on any atom is 0.299 e. The number of aromatic nitrogens is 2. The summed E-state index contributed by atoms with van der Waals surface area (Å²) in [6.45, 7) is 6.05. The first kappa shape index (κ1) is 14.2. The van der Waals surface area contributed by atoms with Crippen LogP contribution in [0, 0.1) is 23.7 Å². The van der Waals surface area contributed by atoms with Crippen molar-refractivity contribution >= 4 is 0 Å². The minimum atomic E-state index is -0.366. The molecule has 0 radical (unpaired) electrons. The molecule has 0 aliphatic carbocycles. The van der Waals surface area contributed by atoms with Gasteiger partial charge in [-0.15, -0.1) is 0 Å². The third-order valence-electron chi connectivity index (χ3n) is 2.77. The van der Waals surface area contributed by atoms with Crippen molar-refractivity contribution in [2.45, 2.75) is 40.2 Å². The zero-order chi connectivity index (χ0) is 13.8. The van der Waals surface area contributed by atoms with Crippen LogP contribution in [-0.2, 0) is 6.54 Å². The van der Waals surface area contributed by atoms with Gasteiger partial charge in [0.15, 0.2) is 0 Å². The molecule has 0 atom stereocenters. The van der Waals surface area contributed by atoms with Crippen molar-refractivity contribution in [1.29, 1.82) is 5.26 Å². The number of nitriles is 1. The monoisotopic (exact) mass is 249 g/mol. The predicted octanol–water partition coefficient (Wildman–Crippen LogP) is 1.89. The Hall–Kier alpha value is -1.83. The van der Waals surface area contributed by atoms with Crippen molar-refractivity contribution < 1.29 is 4.74 Å². The van der Waals surface area contributed by atoms with Crippen LogP contribution >= 0.6 is 0 Å². The second-order valence-corrected chi connectivity index (χ2v) is 4.97. The van der Waals surface area contributed by atoms with Gasteiger partial charge in [0.05, 0.1) is 18.6 Å². The fraction of sp³-hybridized carbons (Fsp3) is 0.615. The number of ether oxygens (including phenoxy) is 1. The average molecular weight is 249 g/mol. The molecule has 0 N–H and O–H groups in total. The molecule has 5 heteroatoms. The van der Waals surface area contributed by atoms with Gasteiger partial charge in [-0.3, -0.25) is 9.36 Å². The second kappa shape index (κ2) is 5.67. The fourth-order valence-electron chi connectivity index (χ4n) is 1.69. The summed E-state index contributed by atoms with van der Waals surface area (Å²) in [6, 6.07) is 4.06. The third kappa shape index (κ3) is 3.59. The van der Waals surface area contributed by atoms with E-state index in [2.05, 4.69) is 11.1 Å². The first-order valence-electron chi connectivity index (χ1n) is 5.93. The number of hydrogen-bond acceptors (Lipinski definition) is 4. The van der Waals surface area contributed by atoms with E-state index >= 15 is 0 Å². The van der Waals surface area contributed by atoms with Gasteiger partial charge < -0.3 is 4.74 Å². The predicted molar refractivity (Wildman–Crippen MR) is 68.4 cm³/mol.